The number of hydrogen-bond donors (Lipinski definition) is 1. The van der Waals surface area contributed by atoms with Crippen molar-refractivity contribution in [3.8, 4) is 5.69 Å². The summed E-state index contributed by atoms with van der Waals surface area (Å²) in [7, 11) is 0. The van der Waals surface area contributed by atoms with Crippen LogP contribution < -0.4 is 5.32 Å². The van der Waals surface area contributed by atoms with E-state index in [0.29, 0.717) is 17.9 Å². The summed E-state index contributed by atoms with van der Waals surface area (Å²) in [5.41, 5.74) is 2.30. The molecule has 0 radical (unpaired) electrons. The second-order valence-corrected chi connectivity index (χ2v) is 6.64. The maximum Gasteiger partial charge on any atom is 0.216 e. The van der Waals surface area contributed by atoms with Gasteiger partial charge in [-0.2, -0.15) is 5.10 Å². The van der Waals surface area contributed by atoms with Crippen LogP contribution in [0.1, 0.15) is 36.6 Å². The Morgan fingerprint density at radius 2 is 2.16 bits per heavy atom. The first-order valence-corrected chi connectivity index (χ1v) is 8.73. The Hall–Kier alpha value is -2.54. The monoisotopic (exact) mass is 338 g/mol. The highest BCUT2D eigenvalue weighted by atomic mass is 16.4. The first kappa shape index (κ1) is 16.0. The van der Waals surface area contributed by atoms with Gasteiger partial charge in [-0.25, -0.2) is 9.67 Å². The molecule has 0 spiro atoms. The van der Waals surface area contributed by atoms with Gasteiger partial charge < -0.3 is 9.73 Å². The maximum absolute atomic E-state index is 5.51. The molecule has 3 aromatic rings. The van der Waals surface area contributed by atoms with Gasteiger partial charge in [-0.3, -0.25) is 0 Å². The third kappa shape index (κ3) is 3.76. The molecule has 2 atom stereocenters. The Kier molecular flexibility index (Phi) is 4.56. The van der Waals surface area contributed by atoms with E-state index in [0.717, 1.165) is 31.0 Å². The minimum atomic E-state index is 0.526. The molecule has 7 heteroatoms. The van der Waals surface area contributed by atoms with Crippen LogP contribution in [-0.4, -0.2) is 31.0 Å². The summed E-state index contributed by atoms with van der Waals surface area (Å²) in [6.07, 6.45) is 7.70. The molecule has 4 rings (SSSR count). The smallest absolute Gasteiger partial charge is 0.216 e. The van der Waals surface area contributed by atoms with Crippen LogP contribution in [0, 0.1) is 12.8 Å². The van der Waals surface area contributed by atoms with Gasteiger partial charge in [0, 0.05) is 25.9 Å². The fourth-order valence-corrected chi connectivity index (χ4v) is 3.58. The standard InChI is InChI=1S/C18H22N6O/c1-13-22-23-18(25-13)9-14-6-7-16(8-14)20-10-15-4-2-3-5-17(15)24-12-19-11-21-24/h2-5,11-12,14,16,20H,6-10H2,1H3/t14-,16+/m1/s1. The van der Waals surface area contributed by atoms with Crippen LogP contribution in [0.25, 0.3) is 5.69 Å². The second-order valence-electron chi connectivity index (χ2n) is 6.64. The van der Waals surface area contributed by atoms with Crippen molar-refractivity contribution < 1.29 is 4.42 Å². The van der Waals surface area contributed by atoms with Gasteiger partial charge >= 0.3 is 0 Å². The normalized spacial score (nSPS) is 20.2. The molecule has 0 unspecified atom stereocenters. The summed E-state index contributed by atoms with van der Waals surface area (Å²) < 4.78 is 7.32. The third-order valence-electron chi connectivity index (χ3n) is 4.81. The Morgan fingerprint density at radius 3 is 2.96 bits per heavy atom. The number of benzene rings is 1. The zero-order valence-corrected chi connectivity index (χ0v) is 14.3. The minimum absolute atomic E-state index is 0.526. The van der Waals surface area contributed by atoms with Gasteiger partial charge in [0.05, 0.1) is 5.69 Å². The SMILES string of the molecule is Cc1nnc(C[C@@H]2CC[C@H](NCc3ccccc3-n3cncn3)C2)o1. The van der Waals surface area contributed by atoms with Gasteiger partial charge in [-0.1, -0.05) is 18.2 Å². The van der Waals surface area contributed by atoms with Crippen molar-refractivity contribution in [2.75, 3.05) is 0 Å². The molecule has 1 aliphatic carbocycles. The van der Waals surface area contributed by atoms with E-state index in [1.54, 1.807) is 12.7 Å². The molecule has 0 bridgehead atoms. The summed E-state index contributed by atoms with van der Waals surface area (Å²) >= 11 is 0. The van der Waals surface area contributed by atoms with Crippen LogP contribution in [0.4, 0.5) is 0 Å². The Labute approximate surface area is 146 Å². The molecule has 0 saturated heterocycles. The molecule has 130 valence electrons. The Bertz CT molecular complexity index is 813. The molecule has 25 heavy (non-hydrogen) atoms. The number of hydrogen-bond acceptors (Lipinski definition) is 6. The summed E-state index contributed by atoms with van der Waals surface area (Å²) in [5.74, 6) is 2.02. The summed E-state index contributed by atoms with van der Waals surface area (Å²) in [4.78, 5) is 4.04. The average Bonchev–Trinajstić information content (AvgIpc) is 3.36. The van der Waals surface area contributed by atoms with Crippen molar-refractivity contribution in [1.82, 2.24) is 30.3 Å². The molecular weight excluding hydrogens is 316 g/mol. The average molecular weight is 338 g/mol. The number of aryl methyl sites for hydroxylation is 1. The minimum Gasteiger partial charge on any atom is -0.426 e. The Balaban J connectivity index is 1.34. The Morgan fingerprint density at radius 1 is 1.24 bits per heavy atom. The van der Waals surface area contributed by atoms with E-state index in [9.17, 15) is 0 Å². The van der Waals surface area contributed by atoms with Crippen molar-refractivity contribution in [2.24, 2.45) is 5.92 Å². The highest BCUT2D eigenvalue weighted by molar-refractivity contribution is 5.39. The summed E-state index contributed by atoms with van der Waals surface area (Å²) in [6, 6.07) is 8.82. The highest BCUT2D eigenvalue weighted by Gasteiger charge is 2.26. The van der Waals surface area contributed by atoms with E-state index in [2.05, 4.69) is 43.8 Å². The lowest BCUT2D eigenvalue weighted by atomic mass is 10.0. The molecule has 1 fully saturated rings. The van der Waals surface area contributed by atoms with Gasteiger partial charge in [0.15, 0.2) is 0 Å². The van der Waals surface area contributed by atoms with Crippen LogP contribution in [0.5, 0.6) is 0 Å². The first-order chi connectivity index (χ1) is 12.3. The number of aromatic nitrogens is 5. The van der Waals surface area contributed by atoms with E-state index in [-0.39, 0.29) is 0 Å². The zero-order valence-electron chi connectivity index (χ0n) is 14.3. The van der Waals surface area contributed by atoms with E-state index >= 15 is 0 Å². The number of nitrogens with zero attached hydrogens (tertiary/aromatic N) is 5. The van der Waals surface area contributed by atoms with Gasteiger partial charge in [0.2, 0.25) is 11.8 Å². The fraction of sp³-hybridized carbons (Fsp3) is 0.444. The van der Waals surface area contributed by atoms with E-state index in [1.165, 1.54) is 18.4 Å². The molecule has 7 nitrogen and oxygen atoms in total. The number of para-hydroxylation sites is 1. The predicted octanol–water partition coefficient (Wildman–Crippen LogP) is 2.46. The molecule has 1 N–H and O–H groups in total. The van der Waals surface area contributed by atoms with Gasteiger partial charge in [0.25, 0.3) is 0 Å². The van der Waals surface area contributed by atoms with Crippen LogP contribution in [0.15, 0.2) is 41.3 Å². The van der Waals surface area contributed by atoms with Gasteiger partial charge in [-0.15, -0.1) is 10.2 Å². The van der Waals surface area contributed by atoms with E-state index < -0.39 is 0 Å². The van der Waals surface area contributed by atoms with Crippen LogP contribution in [0.2, 0.25) is 0 Å². The first-order valence-electron chi connectivity index (χ1n) is 8.73. The lowest BCUT2D eigenvalue weighted by molar-refractivity contribution is 0.409. The number of rotatable bonds is 6. The van der Waals surface area contributed by atoms with Gasteiger partial charge in [-0.05, 0) is 36.8 Å². The summed E-state index contributed by atoms with van der Waals surface area (Å²) in [5, 5.41) is 16.0. The second kappa shape index (κ2) is 7.14. The quantitative estimate of drug-likeness (QED) is 0.743. The molecule has 2 aromatic heterocycles. The molecule has 1 saturated carbocycles. The topological polar surface area (TPSA) is 81.7 Å². The zero-order chi connectivity index (χ0) is 17.1. The molecular formula is C18H22N6O. The summed E-state index contributed by atoms with van der Waals surface area (Å²) in [6.45, 7) is 2.66. The van der Waals surface area contributed by atoms with E-state index in [4.69, 9.17) is 4.42 Å². The van der Waals surface area contributed by atoms with Crippen molar-refractivity contribution in [3.63, 3.8) is 0 Å². The van der Waals surface area contributed by atoms with Crippen LogP contribution >= 0.6 is 0 Å². The van der Waals surface area contributed by atoms with Crippen LogP contribution in [-0.2, 0) is 13.0 Å². The fourth-order valence-electron chi connectivity index (χ4n) is 3.58. The van der Waals surface area contributed by atoms with Crippen molar-refractivity contribution in [1.29, 1.82) is 0 Å². The highest BCUT2D eigenvalue weighted by Crippen LogP contribution is 2.28. The lowest BCUT2D eigenvalue weighted by Gasteiger charge is -2.15. The molecule has 2 heterocycles. The lowest BCUT2D eigenvalue weighted by Crippen LogP contribution is -2.26. The predicted molar refractivity (Wildman–Crippen MR) is 92.1 cm³/mol. The van der Waals surface area contributed by atoms with Crippen molar-refractivity contribution >= 4 is 0 Å². The third-order valence-corrected chi connectivity index (χ3v) is 4.81. The van der Waals surface area contributed by atoms with Crippen LogP contribution in [0.3, 0.4) is 0 Å². The molecule has 0 aliphatic heterocycles. The molecule has 1 aromatic carbocycles. The van der Waals surface area contributed by atoms with Crippen molar-refractivity contribution in [3.05, 3.63) is 54.3 Å². The number of nitrogens with one attached hydrogen (secondary N) is 1. The largest absolute Gasteiger partial charge is 0.426 e. The maximum atomic E-state index is 5.51. The van der Waals surface area contributed by atoms with E-state index in [1.807, 2.05) is 17.7 Å². The van der Waals surface area contributed by atoms with Gasteiger partial charge in [0.1, 0.15) is 12.7 Å². The van der Waals surface area contributed by atoms with Crippen molar-refractivity contribution in [2.45, 2.75) is 45.2 Å². The molecule has 1 aliphatic rings. The molecule has 0 amide bonds.